The van der Waals surface area contributed by atoms with Gasteiger partial charge in [-0.05, 0) is 48.9 Å². The number of rotatable bonds is 9. The van der Waals surface area contributed by atoms with Gasteiger partial charge in [0.25, 0.3) is 0 Å². The molecule has 3 N–H and O–H groups in total. The average molecular weight is 523 g/mol. The van der Waals surface area contributed by atoms with Crippen molar-refractivity contribution < 1.29 is 22.3 Å². The lowest BCUT2D eigenvalue weighted by Crippen LogP contribution is -2.05. The summed E-state index contributed by atoms with van der Waals surface area (Å²) in [5.41, 5.74) is 5.98. The van der Waals surface area contributed by atoms with E-state index in [9.17, 15) is 17.6 Å². The topological polar surface area (TPSA) is 95.8 Å². The number of ether oxygens (including phenoxy) is 1. The fourth-order valence-corrected chi connectivity index (χ4v) is 3.25. The molecule has 0 atom stereocenters. The number of aryl methyl sites for hydroxylation is 1. The van der Waals surface area contributed by atoms with Crippen LogP contribution >= 0.6 is 0 Å². The fraction of sp³-hybridized carbons (Fsp3) is 0.0769. The summed E-state index contributed by atoms with van der Waals surface area (Å²) >= 11 is 0. The number of anilines is 4. The number of aromatic nitrogens is 2. The van der Waals surface area contributed by atoms with Crippen LogP contribution in [0.2, 0.25) is 0 Å². The first-order chi connectivity index (χ1) is 18.3. The summed E-state index contributed by atoms with van der Waals surface area (Å²) in [6, 6.07) is 13.7. The first kappa shape index (κ1) is 26.1. The number of hydrogen-bond donors (Lipinski definition) is 3. The van der Waals surface area contributed by atoms with E-state index in [1.807, 2.05) is 19.1 Å². The van der Waals surface area contributed by atoms with E-state index in [1.54, 1.807) is 6.07 Å². The minimum Gasteiger partial charge on any atom is -0.495 e. The molecular formula is C26H21F4N7O. The zero-order valence-corrected chi connectivity index (χ0v) is 20.1. The van der Waals surface area contributed by atoms with E-state index in [4.69, 9.17) is 4.74 Å². The smallest absolute Gasteiger partial charge is 0.231 e. The highest BCUT2D eigenvalue weighted by atomic mass is 19.1. The van der Waals surface area contributed by atoms with Crippen LogP contribution in [0.1, 0.15) is 16.7 Å². The minimum absolute atomic E-state index is 0.0703. The predicted octanol–water partition coefficient (Wildman–Crippen LogP) is 5.99. The van der Waals surface area contributed by atoms with Crippen molar-refractivity contribution in [3.05, 3.63) is 101 Å². The lowest BCUT2D eigenvalue weighted by atomic mass is 10.2. The second-order valence-electron chi connectivity index (χ2n) is 7.80. The molecule has 0 bridgehead atoms. The molecule has 1 aromatic heterocycles. The fourth-order valence-electron chi connectivity index (χ4n) is 3.25. The zero-order valence-electron chi connectivity index (χ0n) is 20.1. The first-order valence-corrected chi connectivity index (χ1v) is 11.1. The number of nitrogens with one attached hydrogen (secondary N) is 3. The second-order valence-corrected chi connectivity index (χ2v) is 7.80. The van der Waals surface area contributed by atoms with Gasteiger partial charge in [-0.1, -0.05) is 18.2 Å². The van der Waals surface area contributed by atoms with E-state index in [1.165, 1.54) is 25.3 Å². The van der Waals surface area contributed by atoms with E-state index in [-0.39, 0.29) is 28.7 Å². The van der Waals surface area contributed by atoms with Gasteiger partial charge in [-0.2, -0.15) is 20.2 Å². The van der Waals surface area contributed by atoms with Crippen LogP contribution in [0.3, 0.4) is 0 Å². The Morgan fingerprint density at radius 3 is 1.71 bits per heavy atom. The summed E-state index contributed by atoms with van der Waals surface area (Å²) in [6.45, 7) is 1.89. The Morgan fingerprint density at radius 1 is 0.737 bits per heavy atom. The number of benzene rings is 3. The molecule has 0 aliphatic heterocycles. The van der Waals surface area contributed by atoms with Gasteiger partial charge in [-0.15, -0.1) is 0 Å². The lowest BCUT2D eigenvalue weighted by Gasteiger charge is -2.12. The van der Waals surface area contributed by atoms with Crippen LogP contribution in [0.4, 0.5) is 40.8 Å². The van der Waals surface area contributed by atoms with Crippen molar-refractivity contribution in [2.75, 3.05) is 23.3 Å². The summed E-state index contributed by atoms with van der Waals surface area (Å²) in [6.07, 6.45) is 1.94. The largest absolute Gasteiger partial charge is 0.495 e. The van der Waals surface area contributed by atoms with Gasteiger partial charge < -0.3 is 10.1 Å². The highest BCUT2D eigenvalue weighted by molar-refractivity contribution is 5.81. The van der Waals surface area contributed by atoms with Crippen LogP contribution in [-0.2, 0) is 0 Å². The molecule has 0 amide bonds. The quantitative estimate of drug-likeness (QED) is 0.142. The molecule has 0 radical (unpaired) electrons. The Bertz CT molecular complexity index is 1390. The molecular weight excluding hydrogens is 502 g/mol. The normalized spacial score (nSPS) is 11.2. The molecule has 0 aliphatic carbocycles. The van der Waals surface area contributed by atoms with Crippen molar-refractivity contribution in [1.82, 2.24) is 9.97 Å². The molecule has 4 rings (SSSR count). The van der Waals surface area contributed by atoms with Gasteiger partial charge >= 0.3 is 0 Å². The molecule has 38 heavy (non-hydrogen) atoms. The standard InChI is InChI=1S/C26H21F4N7O/c1-15-9-10-23(38-2)22(11-15)33-26-34-24(36-31-13-16-18(27)5-3-6-19(16)28)12-25(35-26)37-32-14-17-20(29)7-4-8-21(17)30/h3-14H,1-2H3,(H3,33,34,35,36,37). The average Bonchev–Trinajstić information content (AvgIpc) is 2.88. The molecule has 0 saturated heterocycles. The van der Waals surface area contributed by atoms with Gasteiger partial charge in [0.05, 0.1) is 36.4 Å². The van der Waals surface area contributed by atoms with Crippen molar-refractivity contribution in [2.24, 2.45) is 10.2 Å². The molecule has 0 fully saturated rings. The zero-order chi connectivity index (χ0) is 27.1. The monoisotopic (exact) mass is 523 g/mol. The Hall–Kier alpha value is -5.00. The predicted molar refractivity (Wildman–Crippen MR) is 138 cm³/mol. The van der Waals surface area contributed by atoms with Crippen molar-refractivity contribution in [1.29, 1.82) is 0 Å². The van der Waals surface area contributed by atoms with Crippen molar-refractivity contribution in [3.63, 3.8) is 0 Å². The van der Waals surface area contributed by atoms with Crippen LogP contribution in [0.15, 0.2) is 70.9 Å². The molecule has 3 aromatic carbocycles. The van der Waals surface area contributed by atoms with Gasteiger partial charge in [0, 0.05) is 6.07 Å². The second kappa shape index (κ2) is 11.8. The van der Waals surface area contributed by atoms with E-state index in [0.717, 1.165) is 42.3 Å². The molecule has 0 aliphatic rings. The summed E-state index contributed by atoms with van der Waals surface area (Å²) in [5.74, 6) is -2.34. The highest BCUT2D eigenvalue weighted by Crippen LogP contribution is 2.28. The third kappa shape index (κ3) is 6.40. The van der Waals surface area contributed by atoms with Crippen LogP contribution in [0, 0.1) is 30.2 Å². The van der Waals surface area contributed by atoms with Crippen molar-refractivity contribution in [2.45, 2.75) is 6.92 Å². The van der Waals surface area contributed by atoms with Gasteiger partial charge in [-0.25, -0.2) is 17.6 Å². The minimum atomic E-state index is -0.788. The maximum absolute atomic E-state index is 13.9. The maximum Gasteiger partial charge on any atom is 0.231 e. The molecule has 8 nitrogen and oxygen atoms in total. The third-order valence-electron chi connectivity index (χ3n) is 5.07. The van der Waals surface area contributed by atoms with Crippen LogP contribution < -0.4 is 20.9 Å². The molecule has 194 valence electrons. The number of methoxy groups -OCH3 is 1. The Balaban J connectivity index is 1.63. The molecule has 1 heterocycles. The Morgan fingerprint density at radius 2 is 1.24 bits per heavy atom. The highest BCUT2D eigenvalue weighted by Gasteiger charge is 2.10. The van der Waals surface area contributed by atoms with Gasteiger partial charge in [0.2, 0.25) is 5.95 Å². The molecule has 0 saturated carbocycles. The summed E-state index contributed by atoms with van der Waals surface area (Å²) in [7, 11) is 1.51. The summed E-state index contributed by atoms with van der Waals surface area (Å²) in [5, 5.41) is 10.7. The van der Waals surface area contributed by atoms with Gasteiger partial charge in [-0.3, -0.25) is 10.9 Å². The van der Waals surface area contributed by atoms with Crippen LogP contribution in [-0.4, -0.2) is 29.5 Å². The first-order valence-electron chi connectivity index (χ1n) is 11.1. The van der Waals surface area contributed by atoms with Crippen LogP contribution in [0.5, 0.6) is 5.75 Å². The van der Waals surface area contributed by atoms with E-state index >= 15 is 0 Å². The Kier molecular flexibility index (Phi) is 8.11. The lowest BCUT2D eigenvalue weighted by molar-refractivity contribution is 0.416. The number of hydrazone groups is 2. The number of nitrogens with zero attached hydrogens (tertiary/aromatic N) is 4. The van der Waals surface area contributed by atoms with Gasteiger partial charge in [0.15, 0.2) is 11.6 Å². The molecule has 12 heteroatoms. The molecule has 4 aromatic rings. The van der Waals surface area contributed by atoms with Crippen molar-refractivity contribution >= 4 is 35.7 Å². The summed E-state index contributed by atoms with van der Waals surface area (Å²) in [4.78, 5) is 8.60. The summed E-state index contributed by atoms with van der Waals surface area (Å²) < 4.78 is 61.0. The number of halogens is 4. The van der Waals surface area contributed by atoms with E-state index in [0.29, 0.717) is 11.4 Å². The number of hydrogen-bond acceptors (Lipinski definition) is 8. The Labute approximate surface area is 215 Å². The van der Waals surface area contributed by atoms with E-state index < -0.39 is 23.3 Å². The third-order valence-corrected chi connectivity index (χ3v) is 5.07. The van der Waals surface area contributed by atoms with E-state index in [2.05, 4.69) is 36.3 Å². The van der Waals surface area contributed by atoms with Crippen molar-refractivity contribution in [3.8, 4) is 5.75 Å². The molecule has 0 spiro atoms. The van der Waals surface area contributed by atoms with Gasteiger partial charge in [0.1, 0.15) is 29.0 Å². The molecule has 0 unspecified atom stereocenters. The maximum atomic E-state index is 13.9. The van der Waals surface area contributed by atoms with Crippen LogP contribution in [0.25, 0.3) is 0 Å². The SMILES string of the molecule is COc1ccc(C)cc1Nc1nc(NN=Cc2c(F)cccc2F)cc(NN=Cc2c(F)cccc2F)n1.